The molecule has 3 aromatic rings. The van der Waals surface area contributed by atoms with Crippen LogP contribution >= 0.6 is 45.2 Å². The highest BCUT2D eigenvalue weighted by Crippen LogP contribution is 2.35. The van der Waals surface area contributed by atoms with Gasteiger partial charge in [0, 0.05) is 5.70 Å². The lowest BCUT2D eigenvalue weighted by Gasteiger charge is -2.28. The van der Waals surface area contributed by atoms with E-state index in [9.17, 15) is 14.7 Å². The maximum absolute atomic E-state index is 12.5. The van der Waals surface area contributed by atoms with Gasteiger partial charge in [0.05, 0.1) is 50.3 Å². The van der Waals surface area contributed by atoms with Crippen molar-refractivity contribution in [2.45, 2.75) is 32.7 Å². The van der Waals surface area contributed by atoms with Crippen molar-refractivity contribution in [2.75, 3.05) is 20.3 Å². The molecule has 12 nitrogen and oxygen atoms in total. The number of aliphatic hydroxyl groups is 1. The Labute approximate surface area is 293 Å². The normalized spacial score (nSPS) is 15.0. The number of amides is 2. The molecule has 0 saturated carbocycles. The van der Waals surface area contributed by atoms with Gasteiger partial charge in [-0.05, 0) is 112 Å². The smallest absolute Gasteiger partial charge is 0.337 e. The van der Waals surface area contributed by atoms with E-state index in [4.69, 9.17) is 24.2 Å². The van der Waals surface area contributed by atoms with Crippen LogP contribution in [0, 0.1) is 18.5 Å². The number of halogens is 2. The molecular formula is C32H31I2N5O7. The van der Waals surface area contributed by atoms with Gasteiger partial charge in [0.1, 0.15) is 19.0 Å². The van der Waals surface area contributed by atoms with Gasteiger partial charge in [0.15, 0.2) is 17.7 Å². The molecule has 0 radical (unpaired) electrons. The molecule has 0 spiro atoms. The quantitative estimate of drug-likeness (QED) is 0.0619. The van der Waals surface area contributed by atoms with E-state index in [1.54, 1.807) is 43.5 Å². The monoisotopic (exact) mass is 851 g/mol. The average molecular weight is 851 g/mol. The van der Waals surface area contributed by atoms with Crippen molar-refractivity contribution in [3.8, 4) is 23.3 Å². The van der Waals surface area contributed by atoms with Crippen molar-refractivity contribution < 1.29 is 33.6 Å². The fraction of sp³-hybridized carbons (Fsp3) is 0.250. The summed E-state index contributed by atoms with van der Waals surface area (Å²) in [6.07, 6.45) is 0.443. The number of carbonyl (C=O) groups is 2. The first-order chi connectivity index (χ1) is 22.1. The van der Waals surface area contributed by atoms with Crippen LogP contribution in [0.1, 0.15) is 42.1 Å². The van der Waals surface area contributed by atoms with Gasteiger partial charge in [0.2, 0.25) is 0 Å². The number of rotatable bonds is 13. The van der Waals surface area contributed by atoms with E-state index < -0.39 is 24.3 Å². The summed E-state index contributed by atoms with van der Waals surface area (Å²) >= 11 is 4.40. The molecule has 3 aromatic carbocycles. The number of nitrogens with one attached hydrogen (secondary N) is 3. The molecule has 4 N–H and O–H groups in total. The Kier molecular flexibility index (Phi) is 12.5. The Hall–Kier alpha value is -4.08. The molecule has 2 atom stereocenters. The van der Waals surface area contributed by atoms with E-state index in [1.165, 1.54) is 7.11 Å². The summed E-state index contributed by atoms with van der Waals surface area (Å²) in [5.41, 5.74) is 6.25. The average Bonchev–Trinajstić information content (AvgIpc) is 3.03. The Morgan fingerprint density at radius 3 is 2.48 bits per heavy atom. The highest BCUT2D eigenvalue weighted by molar-refractivity contribution is 14.1. The molecule has 1 heterocycles. The van der Waals surface area contributed by atoms with Crippen molar-refractivity contribution in [2.24, 2.45) is 5.10 Å². The number of methoxy groups -OCH3 is 1. The maximum atomic E-state index is 12.5. The molecular weight excluding hydrogens is 820 g/mol. The van der Waals surface area contributed by atoms with Crippen LogP contribution in [0.25, 0.3) is 0 Å². The third-order valence-electron chi connectivity index (χ3n) is 6.60. The van der Waals surface area contributed by atoms with E-state index in [0.29, 0.717) is 41.5 Å². The van der Waals surface area contributed by atoms with Crippen LogP contribution in [0.3, 0.4) is 0 Å². The van der Waals surface area contributed by atoms with Gasteiger partial charge >= 0.3 is 12.0 Å². The van der Waals surface area contributed by atoms with Gasteiger partial charge in [-0.15, -0.1) is 0 Å². The minimum atomic E-state index is -1.14. The summed E-state index contributed by atoms with van der Waals surface area (Å²) in [7, 11) is 1.27. The molecule has 240 valence electrons. The molecule has 0 aliphatic carbocycles. The second-order valence-electron chi connectivity index (χ2n) is 9.83. The lowest BCUT2D eigenvalue weighted by Crippen LogP contribution is -2.45. The molecule has 1 aliphatic rings. The van der Waals surface area contributed by atoms with Crippen LogP contribution in [0.2, 0.25) is 0 Å². The van der Waals surface area contributed by atoms with Gasteiger partial charge in [0.25, 0.3) is 0 Å². The lowest BCUT2D eigenvalue weighted by molar-refractivity contribution is -0.136. The van der Waals surface area contributed by atoms with Crippen molar-refractivity contribution >= 4 is 63.4 Å². The SMILES string of the molecule is CCOc1cc([C@H]2NC(=O)NC(C)=C2C(=O)OC)ccc1OC[C@H](O)N/N=C/c1cc(I)c(OCc2ccc(C#N)cc2)c(I)c1. The van der Waals surface area contributed by atoms with Gasteiger partial charge in [-0.25, -0.2) is 9.59 Å². The highest BCUT2D eigenvalue weighted by Gasteiger charge is 2.32. The Balaban J connectivity index is 1.36. The number of nitriles is 1. The number of hydrogen-bond donors (Lipinski definition) is 4. The standard InChI is InChI=1S/C32H31I2N5O7/c1-4-44-26-13-22(29-28(31(41)43-3)18(2)37-32(42)38-29)9-10-25(26)45-17-27(40)39-36-15-21-11-23(33)30(24(34)12-21)46-16-20-7-5-19(14-35)6-8-20/h5-13,15,27,29,39-40H,4,16-17H2,1-3H3,(H2,37,38,42)/b36-15+/t27-,29+/m0/s1. The van der Waals surface area contributed by atoms with Crippen molar-refractivity contribution in [1.82, 2.24) is 16.1 Å². The van der Waals surface area contributed by atoms with Gasteiger partial charge in [-0.3, -0.25) is 5.43 Å². The Morgan fingerprint density at radius 1 is 1.11 bits per heavy atom. The number of ether oxygens (including phenoxy) is 4. The summed E-state index contributed by atoms with van der Waals surface area (Å²) in [6.45, 7) is 3.99. The third-order valence-corrected chi connectivity index (χ3v) is 8.20. The van der Waals surface area contributed by atoms with Crippen LogP contribution in [0.4, 0.5) is 4.79 Å². The molecule has 0 fully saturated rings. The molecule has 0 bridgehead atoms. The van der Waals surface area contributed by atoms with E-state index in [1.807, 2.05) is 31.2 Å². The van der Waals surface area contributed by atoms with Gasteiger partial charge in [-0.1, -0.05) is 18.2 Å². The summed E-state index contributed by atoms with van der Waals surface area (Å²) in [5.74, 6) is 0.902. The van der Waals surface area contributed by atoms with Crippen LogP contribution in [0.5, 0.6) is 17.2 Å². The largest absolute Gasteiger partial charge is 0.490 e. The van der Waals surface area contributed by atoms with E-state index >= 15 is 0 Å². The predicted octanol–water partition coefficient (Wildman–Crippen LogP) is 4.87. The Morgan fingerprint density at radius 2 is 1.83 bits per heavy atom. The topological polar surface area (TPSA) is 164 Å². The maximum Gasteiger partial charge on any atom is 0.337 e. The summed E-state index contributed by atoms with van der Waals surface area (Å²) in [4.78, 5) is 24.6. The number of aliphatic hydroxyl groups excluding tert-OH is 1. The number of hydrazone groups is 1. The molecule has 1 aliphatic heterocycles. The van der Waals surface area contributed by atoms with Crippen LogP contribution in [-0.4, -0.2) is 49.9 Å². The lowest BCUT2D eigenvalue weighted by atomic mass is 9.95. The summed E-state index contributed by atoms with van der Waals surface area (Å²) in [6, 6.07) is 17.0. The second kappa shape index (κ2) is 16.5. The second-order valence-corrected chi connectivity index (χ2v) is 12.2. The van der Waals surface area contributed by atoms with Crippen LogP contribution < -0.4 is 30.3 Å². The van der Waals surface area contributed by atoms with E-state index in [2.05, 4.69) is 72.4 Å². The summed E-state index contributed by atoms with van der Waals surface area (Å²) in [5, 5.41) is 28.9. The number of allylic oxidation sites excluding steroid dienone is 1. The first-order valence-corrected chi connectivity index (χ1v) is 16.1. The molecule has 14 heteroatoms. The van der Waals surface area contributed by atoms with E-state index in [0.717, 1.165) is 24.0 Å². The Bertz CT molecular complexity index is 1670. The first-order valence-electron chi connectivity index (χ1n) is 14.0. The van der Waals surface area contributed by atoms with Crippen molar-refractivity contribution in [3.05, 3.63) is 95.3 Å². The number of nitrogens with zero attached hydrogens (tertiary/aromatic N) is 2. The zero-order chi connectivity index (χ0) is 33.2. The minimum absolute atomic E-state index is 0.148. The third kappa shape index (κ3) is 9.01. The first kappa shape index (κ1) is 34.8. The van der Waals surface area contributed by atoms with Gasteiger partial charge in [-0.2, -0.15) is 10.4 Å². The number of benzene rings is 3. The number of hydrogen-bond acceptors (Lipinski definition) is 10. The molecule has 0 aromatic heterocycles. The number of urea groups is 1. The van der Waals surface area contributed by atoms with Gasteiger partial charge < -0.3 is 34.7 Å². The summed E-state index contributed by atoms with van der Waals surface area (Å²) < 4.78 is 24.3. The number of esters is 1. The molecule has 4 rings (SSSR count). The molecule has 0 saturated heterocycles. The van der Waals surface area contributed by atoms with E-state index in [-0.39, 0.29) is 12.2 Å². The zero-order valence-corrected chi connectivity index (χ0v) is 29.4. The van der Waals surface area contributed by atoms with Crippen LogP contribution in [0.15, 0.2) is 71.0 Å². The molecule has 2 amide bonds. The fourth-order valence-corrected chi connectivity index (χ4v) is 6.57. The predicted molar refractivity (Wildman–Crippen MR) is 186 cm³/mol. The molecule has 0 unspecified atom stereocenters. The number of carbonyl (C=O) groups excluding carboxylic acids is 2. The zero-order valence-electron chi connectivity index (χ0n) is 25.1. The minimum Gasteiger partial charge on any atom is -0.490 e. The van der Waals surface area contributed by atoms with Crippen molar-refractivity contribution in [3.63, 3.8) is 0 Å². The van der Waals surface area contributed by atoms with Crippen molar-refractivity contribution in [1.29, 1.82) is 5.26 Å². The van der Waals surface area contributed by atoms with Crippen LogP contribution in [-0.2, 0) is 16.1 Å². The fourth-order valence-electron chi connectivity index (χ4n) is 4.44. The molecule has 46 heavy (non-hydrogen) atoms. The highest BCUT2D eigenvalue weighted by atomic mass is 127.